The summed E-state index contributed by atoms with van der Waals surface area (Å²) in [6.45, 7) is 6.19. The van der Waals surface area contributed by atoms with E-state index in [1.807, 2.05) is 34.9 Å². The van der Waals surface area contributed by atoms with Crippen molar-refractivity contribution in [3.8, 4) is 17.1 Å². The monoisotopic (exact) mass is 343 g/mol. The number of allylic oxidation sites excluding steroid dienone is 1. The van der Waals surface area contributed by atoms with E-state index in [1.165, 1.54) is 11.8 Å². The minimum Gasteiger partial charge on any atom is -0.497 e. The number of aromatic nitrogens is 5. The number of ether oxygens (including phenoxy) is 1. The van der Waals surface area contributed by atoms with Gasteiger partial charge in [0.1, 0.15) is 5.75 Å². The second kappa shape index (κ2) is 7.31. The number of hydrogen-bond donors (Lipinski definition) is 0. The van der Waals surface area contributed by atoms with Crippen molar-refractivity contribution in [1.82, 2.24) is 25.0 Å². The summed E-state index contributed by atoms with van der Waals surface area (Å²) in [5.74, 6) is 3.24. The Morgan fingerprint density at radius 3 is 2.62 bits per heavy atom. The molecule has 8 heteroatoms. The van der Waals surface area contributed by atoms with Crippen molar-refractivity contribution in [2.75, 3.05) is 7.11 Å². The maximum Gasteiger partial charge on any atom is 0.226 e. The van der Waals surface area contributed by atoms with E-state index in [4.69, 9.17) is 9.15 Å². The van der Waals surface area contributed by atoms with E-state index in [2.05, 4.69) is 27.0 Å². The minimum atomic E-state index is 0.540. The predicted octanol–water partition coefficient (Wildman–Crippen LogP) is 3.12. The van der Waals surface area contributed by atoms with Crippen molar-refractivity contribution < 1.29 is 9.15 Å². The molecule has 0 saturated heterocycles. The van der Waals surface area contributed by atoms with Crippen LogP contribution in [0, 0.1) is 6.92 Å². The Morgan fingerprint density at radius 2 is 2.00 bits per heavy atom. The van der Waals surface area contributed by atoms with Crippen molar-refractivity contribution in [2.24, 2.45) is 0 Å². The standard InChI is InChI=1S/C16H17N5O2S/c1-4-9-21-15(12-5-7-13(22-3)8-6-12)19-20-16(21)24-10-14-18-17-11(2)23-14/h4-8H,1,9-10H2,2-3H3. The van der Waals surface area contributed by atoms with Crippen molar-refractivity contribution in [2.45, 2.75) is 24.4 Å². The zero-order valence-corrected chi connectivity index (χ0v) is 14.3. The van der Waals surface area contributed by atoms with E-state index in [0.717, 1.165) is 22.3 Å². The average Bonchev–Trinajstić information content (AvgIpc) is 3.20. The maximum absolute atomic E-state index is 5.39. The molecule has 3 rings (SSSR count). The fourth-order valence-electron chi connectivity index (χ4n) is 2.16. The van der Waals surface area contributed by atoms with Gasteiger partial charge in [-0.2, -0.15) is 0 Å². The fourth-order valence-corrected chi connectivity index (χ4v) is 2.95. The number of rotatable bonds is 7. The molecular formula is C16H17N5O2S. The SMILES string of the molecule is C=CCn1c(SCc2nnc(C)o2)nnc1-c1ccc(OC)cc1. The van der Waals surface area contributed by atoms with E-state index in [0.29, 0.717) is 24.1 Å². The van der Waals surface area contributed by atoms with Gasteiger partial charge in [-0.25, -0.2) is 0 Å². The summed E-state index contributed by atoms with van der Waals surface area (Å²) in [6.07, 6.45) is 1.82. The highest BCUT2D eigenvalue weighted by Crippen LogP contribution is 2.27. The van der Waals surface area contributed by atoms with E-state index in [1.54, 1.807) is 14.0 Å². The molecule has 0 amide bonds. The number of hydrogen-bond acceptors (Lipinski definition) is 7. The second-order valence-electron chi connectivity index (χ2n) is 4.94. The van der Waals surface area contributed by atoms with Gasteiger partial charge < -0.3 is 9.15 Å². The van der Waals surface area contributed by atoms with Gasteiger partial charge in [0.15, 0.2) is 11.0 Å². The van der Waals surface area contributed by atoms with E-state index < -0.39 is 0 Å². The third-order valence-corrected chi connectivity index (χ3v) is 4.22. The zero-order chi connectivity index (χ0) is 16.9. The van der Waals surface area contributed by atoms with Crippen LogP contribution >= 0.6 is 11.8 Å². The van der Waals surface area contributed by atoms with Crippen molar-refractivity contribution in [3.63, 3.8) is 0 Å². The Labute approximate surface area is 143 Å². The van der Waals surface area contributed by atoms with Crippen molar-refractivity contribution >= 4 is 11.8 Å². The van der Waals surface area contributed by atoms with Gasteiger partial charge in [-0.15, -0.1) is 27.0 Å². The molecule has 3 aromatic rings. The van der Waals surface area contributed by atoms with E-state index in [-0.39, 0.29) is 0 Å². The topological polar surface area (TPSA) is 78.9 Å². The number of aryl methyl sites for hydroxylation is 1. The molecule has 0 radical (unpaired) electrons. The first-order valence-electron chi connectivity index (χ1n) is 7.31. The van der Waals surface area contributed by atoms with E-state index in [9.17, 15) is 0 Å². The normalized spacial score (nSPS) is 10.8. The molecule has 0 fully saturated rings. The highest BCUT2D eigenvalue weighted by molar-refractivity contribution is 7.98. The third kappa shape index (κ3) is 3.48. The largest absolute Gasteiger partial charge is 0.497 e. The molecule has 7 nitrogen and oxygen atoms in total. The molecule has 2 aromatic heterocycles. The molecule has 0 N–H and O–H groups in total. The summed E-state index contributed by atoms with van der Waals surface area (Å²) >= 11 is 1.50. The van der Waals surface area contributed by atoms with Crippen LogP contribution in [0.15, 0.2) is 46.5 Å². The predicted molar refractivity (Wildman–Crippen MR) is 90.8 cm³/mol. The number of nitrogens with zero attached hydrogens (tertiary/aromatic N) is 5. The van der Waals surface area contributed by atoms with Crippen LogP contribution in [0.1, 0.15) is 11.8 Å². The van der Waals surface area contributed by atoms with Crippen LogP contribution in [0.5, 0.6) is 5.75 Å². The summed E-state index contributed by atoms with van der Waals surface area (Å²) in [7, 11) is 1.64. The lowest BCUT2D eigenvalue weighted by Gasteiger charge is -2.07. The lowest BCUT2D eigenvalue weighted by Crippen LogP contribution is -2.00. The van der Waals surface area contributed by atoms with Gasteiger partial charge in [-0.1, -0.05) is 17.8 Å². The molecule has 0 aliphatic rings. The fraction of sp³-hybridized carbons (Fsp3) is 0.250. The summed E-state index contributed by atoms with van der Waals surface area (Å²) in [4.78, 5) is 0. The van der Waals surface area contributed by atoms with Crippen LogP contribution in [0.3, 0.4) is 0 Å². The van der Waals surface area contributed by atoms with Gasteiger partial charge in [0.25, 0.3) is 0 Å². The first-order valence-corrected chi connectivity index (χ1v) is 8.30. The Balaban J connectivity index is 1.84. The second-order valence-corrected chi connectivity index (χ2v) is 5.88. The lowest BCUT2D eigenvalue weighted by molar-refractivity contribution is 0.415. The van der Waals surface area contributed by atoms with Gasteiger partial charge >= 0.3 is 0 Å². The number of methoxy groups -OCH3 is 1. The van der Waals surface area contributed by atoms with Crippen molar-refractivity contribution in [1.29, 1.82) is 0 Å². The maximum atomic E-state index is 5.39. The van der Waals surface area contributed by atoms with Crippen LogP contribution in [0.25, 0.3) is 11.4 Å². The Kier molecular flexibility index (Phi) is 4.95. The first kappa shape index (κ1) is 16.3. The zero-order valence-electron chi connectivity index (χ0n) is 13.5. The van der Waals surface area contributed by atoms with Crippen LogP contribution in [-0.4, -0.2) is 32.1 Å². The molecule has 0 aliphatic carbocycles. The molecular weight excluding hydrogens is 326 g/mol. The van der Waals surface area contributed by atoms with Gasteiger partial charge in [0.2, 0.25) is 11.8 Å². The average molecular weight is 343 g/mol. The highest BCUT2D eigenvalue weighted by atomic mass is 32.2. The van der Waals surface area contributed by atoms with Gasteiger partial charge in [0, 0.05) is 19.0 Å². The summed E-state index contributed by atoms with van der Waals surface area (Å²) < 4.78 is 12.6. The van der Waals surface area contributed by atoms with Crippen LogP contribution in [-0.2, 0) is 12.3 Å². The molecule has 0 aliphatic heterocycles. The quantitative estimate of drug-likeness (QED) is 0.482. The lowest BCUT2D eigenvalue weighted by atomic mass is 10.2. The molecule has 24 heavy (non-hydrogen) atoms. The van der Waals surface area contributed by atoms with Gasteiger partial charge in [0.05, 0.1) is 12.9 Å². The molecule has 0 spiro atoms. The van der Waals surface area contributed by atoms with Crippen molar-refractivity contribution in [3.05, 3.63) is 48.7 Å². The molecule has 0 bridgehead atoms. The van der Waals surface area contributed by atoms with Crippen LogP contribution < -0.4 is 4.74 Å². The number of benzene rings is 1. The smallest absolute Gasteiger partial charge is 0.226 e. The summed E-state index contributed by atoms with van der Waals surface area (Å²) in [6, 6.07) is 7.71. The minimum absolute atomic E-state index is 0.540. The van der Waals surface area contributed by atoms with Gasteiger partial charge in [-0.3, -0.25) is 4.57 Å². The highest BCUT2D eigenvalue weighted by Gasteiger charge is 2.15. The van der Waals surface area contributed by atoms with Crippen LogP contribution in [0.2, 0.25) is 0 Å². The summed E-state index contributed by atoms with van der Waals surface area (Å²) in [5, 5.41) is 17.2. The Morgan fingerprint density at radius 1 is 1.21 bits per heavy atom. The molecule has 0 unspecified atom stereocenters. The molecule has 0 saturated carbocycles. The Bertz CT molecular complexity index is 825. The first-order chi connectivity index (χ1) is 11.7. The molecule has 1 aromatic carbocycles. The molecule has 2 heterocycles. The molecule has 124 valence electrons. The van der Waals surface area contributed by atoms with Crippen LogP contribution in [0.4, 0.5) is 0 Å². The van der Waals surface area contributed by atoms with E-state index >= 15 is 0 Å². The number of thioether (sulfide) groups is 1. The Hall–Kier alpha value is -2.61. The van der Waals surface area contributed by atoms with Gasteiger partial charge in [-0.05, 0) is 24.3 Å². The third-order valence-electron chi connectivity index (χ3n) is 3.27. The summed E-state index contributed by atoms with van der Waals surface area (Å²) in [5.41, 5.74) is 0.964. The molecule has 0 atom stereocenters.